The molecule has 0 spiro atoms. The van der Waals surface area contributed by atoms with Crippen molar-refractivity contribution in [3.05, 3.63) is 60.2 Å². The van der Waals surface area contributed by atoms with Crippen molar-refractivity contribution in [3.63, 3.8) is 0 Å². The second-order valence-corrected chi connectivity index (χ2v) is 6.39. The minimum absolute atomic E-state index is 0.743. The zero-order valence-electron chi connectivity index (χ0n) is 13.7. The molecule has 2 N–H and O–H groups in total. The fourth-order valence-corrected chi connectivity index (χ4v) is 3.22. The van der Waals surface area contributed by atoms with E-state index in [4.69, 9.17) is 10.5 Å². The molecule has 0 bridgehead atoms. The third-order valence-electron chi connectivity index (χ3n) is 4.63. The van der Waals surface area contributed by atoms with Gasteiger partial charge in [-0.3, -0.25) is 4.90 Å². The normalized spacial score (nSPS) is 16.3. The summed E-state index contributed by atoms with van der Waals surface area (Å²) >= 11 is 0. The third kappa shape index (κ3) is 5.00. The zero-order chi connectivity index (χ0) is 15.9. The lowest BCUT2D eigenvalue weighted by molar-refractivity contribution is 0.155. The summed E-state index contributed by atoms with van der Waals surface area (Å²) in [5.41, 5.74) is 7.92. The lowest BCUT2D eigenvalue weighted by Crippen LogP contribution is -2.37. The van der Waals surface area contributed by atoms with Gasteiger partial charge in [-0.25, -0.2) is 0 Å². The summed E-state index contributed by atoms with van der Waals surface area (Å²) < 4.78 is 5.79. The van der Waals surface area contributed by atoms with Gasteiger partial charge in [0.05, 0.1) is 0 Å². The van der Waals surface area contributed by atoms with Crippen molar-refractivity contribution >= 4 is 5.69 Å². The van der Waals surface area contributed by atoms with E-state index in [0.717, 1.165) is 30.5 Å². The number of hydrogen-bond donors (Lipinski definition) is 1. The molecule has 122 valence electrons. The van der Waals surface area contributed by atoms with Gasteiger partial charge in [0.15, 0.2) is 0 Å². The van der Waals surface area contributed by atoms with Gasteiger partial charge in [0.1, 0.15) is 12.4 Å². The van der Waals surface area contributed by atoms with Gasteiger partial charge in [-0.1, -0.05) is 30.3 Å². The molecule has 0 unspecified atom stereocenters. The number of piperidine rings is 1. The van der Waals surface area contributed by atoms with E-state index >= 15 is 0 Å². The van der Waals surface area contributed by atoms with Crippen molar-refractivity contribution in [2.24, 2.45) is 5.92 Å². The minimum Gasteiger partial charge on any atom is -0.492 e. The van der Waals surface area contributed by atoms with Crippen molar-refractivity contribution in [1.82, 2.24) is 4.90 Å². The largest absolute Gasteiger partial charge is 0.492 e. The van der Waals surface area contributed by atoms with Crippen LogP contribution in [0.25, 0.3) is 0 Å². The quantitative estimate of drug-likeness (QED) is 0.829. The second kappa shape index (κ2) is 8.02. The molecule has 2 aromatic carbocycles. The number of benzene rings is 2. The average molecular weight is 310 g/mol. The maximum atomic E-state index is 5.79. The highest BCUT2D eigenvalue weighted by Gasteiger charge is 2.19. The smallest absolute Gasteiger partial charge is 0.119 e. The summed E-state index contributed by atoms with van der Waals surface area (Å²) in [7, 11) is 0. The number of hydrogen-bond acceptors (Lipinski definition) is 3. The standard InChI is InChI=1S/C20H26N2O/c21-19-6-8-20(9-7-19)23-15-14-22-12-10-18(11-13-22)16-17-4-2-1-3-5-17/h1-9,18H,10-16,21H2. The van der Waals surface area contributed by atoms with E-state index in [1.165, 1.54) is 37.9 Å². The first-order valence-corrected chi connectivity index (χ1v) is 8.54. The van der Waals surface area contributed by atoms with Gasteiger partial charge in [0.25, 0.3) is 0 Å². The van der Waals surface area contributed by atoms with Crippen LogP contribution in [0.2, 0.25) is 0 Å². The lowest BCUT2D eigenvalue weighted by atomic mass is 9.90. The molecule has 0 saturated carbocycles. The van der Waals surface area contributed by atoms with Crippen molar-refractivity contribution < 1.29 is 4.74 Å². The Morgan fingerprint density at radius 2 is 1.65 bits per heavy atom. The first-order valence-electron chi connectivity index (χ1n) is 8.54. The fraction of sp³-hybridized carbons (Fsp3) is 0.400. The Morgan fingerprint density at radius 1 is 0.957 bits per heavy atom. The van der Waals surface area contributed by atoms with Gasteiger partial charge in [0.2, 0.25) is 0 Å². The van der Waals surface area contributed by atoms with Crippen LogP contribution >= 0.6 is 0 Å². The van der Waals surface area contributed by atoms with Crippen LogP contribution in [-0.4, -0.2) is 31.1 Å². The minimum atomic E-state index is 0.743. The van der Waals surface area contributed by atoms with E-state index in [-0.39, 0.29) is 0 Å². The van der Waals surface area contributed by atoms with Crippen molar-refractivity contribution in [1.29, 1.82) is 0 Å². The average Bonchev–Trinajstić information content (AvgIpc) is 2.59. The van der Waals surface area contributed by atoms with Gasteiger partial charge < -0.3 is 10.5 Å². The van der Waals surface area contributed by atoms with Crippen LogP contribution in [0.1, 0.15) is 18.4 Å². The monoisotopic (exact) mass is 310 g/mol. The first-order chi connectivity index (χ1) is 11.3. The van der Waals surface area contributed by atoms with E-state index in [9.17, 15) is 0 Å². The Labute approximate surface area is 139 Å². The molecule has 3 rings (SSSR count). The molecule has 3 nitrogen and oxygen atoms in total. The molecule has 2 aromatic rings. The Bertz CT molecular complexity index is 574. The highest BCUT2D eigenvalue weighted by atomic mass is 16.5. The maximum absolute atomic E-state index is 5.79. The Morgan fingerprint density at radius 3 is 2.35 bits per heavy atom. The molecule has 1 aliphatic rings. The summed E-state index contributed by atoms with van der Waals surface area (Å²) in [5.74, 6) is 1.73. The van der Waals surface area contributed by atoms with Crippen LogP contribution < -0.4 is 10.5 Å². The number of rotatable bonds is 6. The van der Waals surface area contributed by atoms with Crippen molar-refractivity contribution in [3.8, 4) is 5.75 Å². The van der Waals surface area contributed by atoms with Crippen LogP contribution in [0.15, 0.2) is 54.6 Å². The third-order valence-corrected chi connectivity index (χ3v) is 4.63. The molecule has 0 aromatic heterocycles. The van der Waals surface area contributed by atoms with Gasteiger partial charge in [-0.2, -0.15) is 0 Å². The molecule has 0 atom stereocenters. The molecule has 3 heteroatoms. The van der Waals surface area contributed by atoms with E-state index in [1.807, 2.05) is 24.3 Å². The topological polar surface area (TPSA) is 38.5 Å². The van der Waals surface area contributed by atoms with E-state index in [1.54, 1.807) is 0 Å². The Balaban J connectivity index is 1.35. The van der Waals surface area contributed by atoms with Crippen LogP contribution in [-0.2, 0) is 6.42 Å². The summed E-state index contributed by atoms with van der Waals surface area (Å²) in [4.78, 5) is 2.51. The van der Waals surface area contributed by atoms with Crippen molar-refractivity contribution in [2.45, 2.75) is 19.3 Å². The summed E-state index contributed by atoms with van der Waals surface area (Å²) in [5, 5.41) is 0. The number of ether oxygens (including phenoxy) is 1. The summed E-state index contributed by atoms with van der Waals surface area (Å²) in [6.45, 7) is 4.11. The van der Waals surface area contributed by atoms with E-state index < -0.39 is 0 Å². The van der Waals surface area contributed by atoms with Gasteiger partial charge in [0, 0.05) is 12.2 Å². The van der Waals surface area contributed by atoms with Crippen LogP contribution in [0, 0.1) is 5.92 Å². The SMILES string of the molecule is Nc1ccc(OCCN2CCC(Cc3ccccc3)CC2)cc1. The number of nitrogen functional groups attached to an aromatic ring is 1. The summed E-state index contributed by atoms with van der Waals surface area (Å²) in [6.07, 6.45) is 3.80. The Kier molecular flexibility index (Phi) is 5.54. The highest BCUT2D eigenvalue weighted by Crippen LogP contribution is 2.21. The lowest BCUT2D eigenvalue weighted by Gasteiger charge is -2.31. The van der Waals surface area contributed by atoms with Gasteiger partial charge >= 0.3 is 0 Å². The molecule has 23 heavy (non-hydrogen) atoms. The molecule has 0 aliphatic carbocycles. The molecule has 1 fully saturated rings. The first kappa shape index (κ1) is 15.9. The highest BCUT2D eigenvalue weighted by molar-refractivity contribution is 5.41. The van der Waals surface area contributed by atoms with E-state index in [2.05, 4.69) is 35.2 Å². The molecule has 1 heterocycles. The molecule has 0 radical (unpaired) electrons. The second-order valence-electron chi connectivity index (χ2n) is 6.39. The van der Waals surface area contributed by atoms with Gasteiger partial charge in [-0.05, 0) is 68.1 Å². The number of likely N-dealkylation sites (tertiary alicyclic amines) is 1. The van der Waals surface area contributed by atoms with Crippen molar-refractivity contribution in [2.75, 3.05) is 32.0 Å². The summed E-state index contributed by atoms with van der Waals surface area (Å²) in [6, 6.07) is 18.5. The molecule has 1 saturated heterocycles. The number of anilines is 1. The molecular formula is C20H26N2O. The zero-order valence-corrected chi connectivity index (χ0v) is 13.7. The predicted octanol–water partition coefficient (Wildman–Crippen LogP) is 3.60. The molecule has 0 amide bonds. The van der Waals surface area contributed by atoms with E-state index in [0.29, 0.717) is 0 Å². The van der Waals surface area contributed by atoms with Crippen LogP contribution in [0.3, 0.4) is 0 Å². The molecule has 1 aliphatic heterocycles. The van der Waals surface area contributed by atoms with Gasteiger partial charge in [-0.15, -0.1) is 0 Å². The Hall–Kier alpha value is -2.00. The fourth-order valence-electron chi connectivity index (χ4n) is 3.22. The van der Waals surface area contributed by atoms with Crippen LogP contribution in [0.5, 0.6) is 5.75 Å². The maximum Gasteiger partial charge on any atom is 0.119 e. The number of nitrogens with zero attached hydrogens (tertiary/aromatic N) is 1. The molecular weight excluding hydrogens is 284 g/mol. The van der Waals surface area contributed by atoms with Crippen LogP contribution in [0.4, 0.5) is 5.69 Å². The predicted molar refractivity (Wildman–Crippen MR) is 95.7 cm³/mol. The number of nitrogens with two attached hydrogens (primary N) is 1.